The topological polar surface area (TPSA) is 20.2 Å². The van der Waals surface area contributed by atoms with Crippen molar-refractivity contribution in [3.05, 3.63) is 69.2 Å². The van der Waals surface area contributed by atoms with Gasteiger partial charge in [-0.1, -0.05) is 57.9 Å². The molecule has 0 aliphatic heterocycles. The molecule has 0 fully saturated rings. The Morgan fingerprint density at radius 3 is 2.50 bits per heavy atom. The van der Waals surface area contributed by atoms with Crippen LogP contribution in [0.2, 0.25) is 5.02 Å². The van der Waals surface area contributed by atoms with Gasteiger partial charge in [-0.3, -0.25) is 0 Å². The Morgan fingerprint density at radius 1 is 1.06 bits per heavy atom. The van der Waals surface area contributed by atoms with E-state index >= 15 is 0 Å². The SMILES string of the molecule is O[C@@H](c1cccc(Cl)c1)c1ccccc1Br. The Labute approximate surface area is 108 Å². The largest absolute Gasteiger partial charge is 0.384 e. The molecule has 0 aromatic heterocycles. The molecule has 2 aromatic carbocycles. The van der Waals surface area contributed by atoms with Crippen LogP contribution in [0.5, 0.6) is 0 Å². The van der Waals surface area contributed by atoms with Gasteiger partial charge in [-0.25, -0.2) is 0 Å². The average molecular weight is 298 g/mol. The molecule has 0 bridgehead atoms. The van der Waals surface area contributed by atoms with Gasteiger partial charge in [0.25, 0.3) is 0 Å². The van der Waals surface area contributed by atoms with Crippen LogP contribution >= 0.6 is 27.5 Å². The number of halogens is 2. The minimum atomic E-state index is -0.658. The van der Waals surface area contributed by atoms with Gasteiger partial charge in [-0.2, -0.15) is 0 Å². The van der Waals surface area contributed by atoms with E-state index in [1.54, 1.807) is 12.1 Å². The number of hydrogen-bond acceptors (Lipinski definition) is 1. The monoisotopic (exact) mass is 296 g/mol. The van der Waals surface area contributed by atoms with Crippen molar-refractivity contribution in [1.29, 1.82) is 0 Å². The summed E-state index contributed by atoms with van der Waals surface area (Å²) in [7, 11) is 0. The van der Waals surface area contributed by atoms with Crippen molar-refractivity contribution < 1.29 is 5.11 Å². The highest BCUT2D eigenvalue weighted by molar-refractivity contribution is 9.10. The molecule has 0 saturated heterocycles. The average Bonchev–Trinajstić information content (AvgIpc) is 2.29. The third-order valence-electron chi connectivity index (χ3n) is 2.36. The minimum Gasteiger partial charge on any atom is -0.384 e. The minimum absolute atomic E-state index is 0.628. The van der Waals surface area contributed by atoms with Gasteiger partial charge in [0, 0.05) is 9.50 Å². The molecule has 0 aliphatic carbocycles. The van der Waals surface area contributed by atoms with Crippen molar-refractivity contribution in [2.45, 2.75) is 6.10 Å². The second-order valence-electron chi connectivity index (χ2n) is 3.48. The number of hydrogen-bond donors (Lipinski definition) is 1. The lowest BCUT2D eigenvalue weighted by Crippen LogP contribution is -2.00. The molecular formula is C13H10BrClO. The Morgan fingerprint density at radius 2 is 1.81 bits per heavy atom. The van der Waals surface area contributed by atoms with Gasteiger partial charge < -0.3 is 5.11 Å². The van der Waals surface area contributed by atoms with E-state index in [-0.39, 0.29) is 0 Å². The zero-order valence-electron chi connectivity index (χ0n) is 8.40. The molecule has 82 valence electrons. The van der Waals surface area contributed by atoms with Crippen molar-refractivity contribution in [1.82, 2.24) is 0 Å². The van der Waals surface area contributed by atoms with E-state index in [1.807, 2.05) is 36.4 Å². The lowest BCUT2D eigenvalue weighted by Gasteiger charge is -2.13. The van der Waals surface area contributed by atoms with Crippen molar-refractivity contribution in [2.75, 3.05) is 0 Å². The summed E-state index contributed by atoms with van der Waals surface area (Å²) in [6, 6.07) is 14.8. The van der Waals surface area contributed by atoms with E-state index in [9.17, 15) is 5.11 Å². The second-order valence-corrected chi connectivity index (χ2v) is 4.77. The first-order valence-corrected chi connectivity index (χ1v) is 6.03. The fraction of sp³-hybridized carbons (Fsp3) is 0.0769. The first-order valence-electron chi connectivity index (χ1n) is 4.86. The summed E-state index contributed by atoms with van der Waals surface area (Å²) in [6.07, 6.45) is -0.658. The van der Waals surface area contributed by atoms with E-state index in [1.165, 1.54) is 0 Å². The van der Waals surface area contributed by atoms with Gasteiger partial charge in [0.1, 0.15) is 6.10 Å². The molecule has 0 saturated carbocycles. The van der Waals surface area contributed by atoms with Crippen LogP contribution in [0.25, 0.3) is 0 Å². The van der Waals surface area contributed by atoms with Crippen LogP contribution in [-0.4, -0.2) is 5.11 Å². The van der Waals surface area contributed by atoms with Gasteiger partial charge in [0.2, 0.25) is 0 Å². The lowest BCUT2D eigenvalue weighted by molar-refractivity contribution is 0.219. The third kappa shape index (κ3) is 2.46. The maximum Gasteiger partial charge on any atom is 0.105 e. The quantitative estimate of drug-likeness (QED) is 0.881. The summed E-state index contributed by atoms with van der Waals surface area (Å²) in [5.41, 5.74) is 1.63. The summed E-state index contributed by atoms with van der Waals surface area (Å²) in [5.74, 6) is 0. The smallest absolute Gasteiger partial charge is 0.105 e. The summed E-state index contributed by atoms with van der Waals surface area (Å²) in [6.45, 7) is 0. The lowest BCUT2D eigenvalue weighted by atomic mass is 10.0. The Bertz CT molecular complexity index is 499. The van der Waals surface area contributed by atoms with Crippen LogP contribution < -0.4 is 0 Å². The zero-order chi connectivity index (χ0) is 11.5. The molecule has 0 unspecified atom stereocenters. The van der Waals surface area contributed by atoms with Crippen molar-refractivity contribution in [2.24, 2.45) is 0 Å². The molecule has 1 N–H and O–H groups in total. The standard InChI is InChI=1S/C13H10BrClO/c14-12-7-2-1-6-11(12)13(16)9-4-3-5-10(15)8-9/h1-8,13,16H/t13-/m0/s1. The van der Waals surface area contributed by atoms with Gasteiger partial charge in [-0.05, 0) is 29.3 Å². The van der Waals surface area contributed by atoms with E-state index in [0.29, 0.717) is 5.02 Å². The molecule has 16 heavy (non-hydrogen) atoms. The highest BCUT2D eigenvalue weighted by Crippen LogP contribution is 2.29. The molecule has 0 spiro atoms. The summed E-state index contributed by atoms with van der Waals surface area (Å²) in [4.78, 5) is 0. The zero-order valence-corrected chi connectivity index (χ0v) is 10.7. The fourth-order valence-corrected chi connectivity index (χ4v) is 2.25. The van der Waals surface area contributed by atoms with Gasteiger partial charge in [0.15, 0.2) is 0 Å². The molecule has 1 atom stereocenters. The van der Waals surface area contributed by atoms with Crippen LogP contribution in [0.3, 0.4) is 0 Å². The predicted octanol–water partition coefficient (Wildman–Crippen LogP) is 4.18. The fourth-order valence-electron chi connectivity index (χ4n) is 1.55. The summed E-state index contributed by atoms with van der Waals surface area (Å²) >= 11 is 9.31. The second kappa shape index (κ2) is 5.00. The predicted molar refractivity (Wildman–Crippen MR) is 69.7 cm³/mol. The normalized spacial score (nSPS) is 12.4. The van der Waals surface area contributed by atoms with Gasteiger partial charge >= 0.3 is 0 Å². The van der Waals surface area contributed by atoms with E-state index < -0.39 is 6.10 Å². The van der Waals surface area contributed by atoms with Crippen LogP contribution in [-0.2, 0) is 0 Å². The van der Waals surface area contributed by atoms with E-state index in [4.69, 9.17) is 11.6 Å². The van der Waals surface area contributed by atoms with Crippen molar-refractivity contribution in [3.8, 4) is 0 Å². The molecule has 2 aromatic rings. The molecule has 3 heteroatoms. The van der Waals surface area contributed by atoms with Gasteiger partial charge in [0.05, 0.1) is 0 Å². The maximum atomic E-state index is 10.2. The number of rotatable bonds is 2. The maximum absolute atomic E-state index is 10.2. The Kier molecular flexibility index (Phi) is 3.64. The highest BCUT2D eigenvalue weighted by Gasteiger charge is 2.12. The van der Waals surface area contributed by atoms with Crippen LogP contribution in [0.4, 0.5) is 0 Å². The molecule has 0 amide bonds. The first-order chi connectivity index (χ1) is 7.68. The van der Waals surface area contributed by atoms with Crippen LogP contribution in [0.15, 0.2) is 53.0 Å². The van der Waals surface area contributed by atoms with E-state index in [0.717, 1.165) is 15.6 Å². The van der Waals surface area contributed by atoms with Crippen molar-refractivity contribution >= 4 is 27.5 Å². The summed E-state index contributed by atoms with van der Waals surface area (Å²) in [5, 5.41) is 10.8. The summed E-state index contributed by atoms with van der Waals surface area (Å²) < 4.78 is 0.891. The highest BCUT2D eigenvalue weighted by atomic mass is 79.9. The Balaban J connectivity index is 2.39. The molecule has 2 rings (SSSR count). The molecule has 0 radical (unpaired) electrons. The van der Waals surface area contributed by atoms with Crippen LogP contribution in [0, 0.1) is 0 Å². The molecular weight excluding hydrogens is 287 g/mol. The number of aliphatic hydroxyl groups excluding tert-OH is 1. The van der Waals surface area contributed by atoms with Crippen LogP contribution in [0.1, 0.15) is 17.2 Å². The molecule has 1 nitrogen and oxygen atoms in total. The molecule has 0 heterocycles. The van der Waals surface area contributed by atoms with E-state index in [2.05, 4.69) is 15.9 Å². The van der Waals surface area contributed by atoms with Gasteiger partial charge in [-0.15, -0.1) is 0 Å². The van der Waals surface area contributed by atoms with Crippen molar-refractivity contribution in [3.63, 3.8) is 0 Å². The Hall–Kier alpha value is -0.830. The third-order valence-corrected chi connectivity index (χ3v) is 3.32. The molecule has 0 aliphatic rings. The number of benzene rings is 2. The first kappa shape index (κ1) is 11.6. The number of aliphatic hydroxyl groups is 1.